The Bertz CT molecular complexity index is 591. The number of hydrogen-bond acceptors (Lipinski definition) is 3. The van der Waals surface area contributed by atoms with E-state index < -0.39 is 25.9 Å². The Labute approximate surface area is 118 Å². The molecule has 0 spiro atoms. The van der Waals surface area contributed by atoms with Gasteiger partial charge < -0.3 is 5.11 Å². The van der Waals surface area contributed by atoms with E-state index in [0.29, 0.717) is 18.4 Å². The number of sulfone groups is 1. The van der Waals surface area contributed by atoms with Crippen LogP contribution in [0.4, 0.5) is 4.39 Å². The lowest BCUT2D eigenvalue weighted by Gasteiger charge is -2.44. The molecular formula is C15H19FO3S. The number of hydrogen-bond donors (Lipinski definition) is 1. The van der Waals surface area contributed by atoms with Crippen molar-refractivity contribution in [1.82, 2.24) is 0 Å². The normalized spacial score (nSPS) is 35.7. The predicted octanol–water partition coefficient (Wildman–Crippen LogP) is 2.23. The summed E-state index contributed by atoms with van der Waals surface area (Å²) in [5.74, 6) is -0.334. The maximum Gasteiger partial charge on any atom is 0.156 e. The largest absolute Gasteiger partial charge is 0.389 e. The van der Waals surface area contributed by atoms with Crippen LogP contribution < -0.4 is 0 Å². The van der Waals surface area contributed by atoms with Crippen molar-refractivity contribution in [2.75, 3.05) is 0 Å². The van der Waals surface area contributed by atoms with E-state index >= 15 is 0 Å². The zero-order valence-electron chi connectivity index (χ0n) is 11.3. The van der Waals surface area contributed by atoms with Crippen LogP contribution in [-0.4, -0.2) is 29.6 Å². The first kappa shape index (κ1) is 14.0. The molecule has 2 bridgehead atoms. The van der Waals surface area contributed by atoms with Crippen LogP contribution in [0.2, 0.25) is 0 Å². The standard InChI is InChI=1S/C15H19FO3S/c16-14-7-2-1-4-11(14)8-15(17)9-12-5-3-6-13(10-15)20(12,18)19/h1-2,4,7,12-13,17H,3,5-6,8-10H2. The van der Waals surface area contributed by atoms with Gasteiger partial charge in [-0.15, -0.1) is 0 Å². The van der Waals surface area contributed by atoms with Crippen LogP contribution in [-0.2, 0) is 16.3 Å². The van der Waals surface area contributed by atoms with Gasteiger partial charge in [0.2, 0.25) is 0 Å². The van der Waals surface area contributed by atoms with Crippen molar-refractivity contribution in [2.24, 2.45) is 0 Å². The molecule has 0 saturated carbocycles. The van der Waals surface area contributed by atoms with Crippen molar-refractivity contribution in [2.45, 2.75) is 54.6 Å². The average molecular weight is 298 g/mol. The summed E-state index contributed by atoms with van der Waals surface area (Å²) in [5, 5.41) is 9.85. The summed E-state index contributed by atoms with van der Waals surface area (Å²) in [7, 11) is -3.09. The van der Waals surface area contributed by atoms with Gasteiger partial charge in [-0.3, -0.25) is 0 Å². The number of halogens is 1. The first-order valence-corrected chi connectivity index (χ1v) is 8.70. The quantitative estimate of drug-likeness (QED) is 0.911. The summed E-state index contributed by atoms with van der Waals surface area (Å²) in [6.07, 6.45) is 2.82. The molecule has 2 unspecified atom stereocenters. The van der Waals surface area contributed by atoms with Gasteiger partial charge in [-0.25, -0.2) is 12.8 Å². The molecule has 2 saturated heterocycles. The molecule has 2 atom stereocenters. The van der Waals surface area contributed by atoms with Gasteiger partial charge in [0.1, 0.15) is 5.82 Å². The number of benzene rings is 1. The summed E-state index contributed by atoms with van der Waals surface area (Å²) in [4.78, 5) is 0. The molecule has 1 N–H and O–H groups in total. The minimum absolute atomic E-state index is 0.197. The monoisotopic (exact) mass is 298 g/mol. The molecule has 0 radical (unpaired) electrons. The third-order valence-electron chi connectivity index (χ3n) is 4.67. The molecule has 0 aromatic heterocycles. The Morgan fingerprint density at radius 3 is 2.40 bits per heavy atom. The fourth-order valence-electron chi connectivity index (χ4n) is 3.68. The Hall–Kier alpha value is -0.940. The SMILES string of the molecule is O=S1(=O)C2CCCC1CC(O)(Cc1ccccc1F)C2. The molecule has 20 heavy (non-hydrogen) atoms. The Kier molecular flexibility index (Phi) is 3.37. The molecule has 0 amide bonds. The highest BCUT2D eigenvalue weighted by Crippen LogP contribution is 2.42. The highest BCUT2D eigenvalue weighted by atomic mass is 32.2. The van der Waals surface area contributed by atoms with Crippen LogP contribution in [0, 0.1) is 5.82 Å². The first-order valence-electron chi connectivity index (χ1n) is 7.09. The molecule has 3 nitrogen and oxygen atoms in total. The molecule has 1 aromatic rings. The molecule has 2 aliphatic rings. The molecule has 2 heterocycles. The minimum atomic E-state index is -3.09. The first-order chi connectivity index (χ1) is 9.41. The maximum absolute atomic E-state index is 13.7. The number of aliphatic hydroxyl groups is 1. The minimum Gasteiger partial charge on any atom is -0.389 e. The smallest absolute Gasteiger partial charge is 0.156 e. The lowest BCUT2D eigenvalue weighted by molar-refractivity contribution is 0.00919. The van der Waals surface area contributed by atoms with Crippen molar-refractivity contribution in [3.8, 4) is 0 Å². The second-order valence-corrected chi connectivity index (χ2v) is 8.68. The maximum atomic E-state index is 13.7. The molecule has 2 aliphatic heterocycles. The van der Waals surface area contributed by atoms with Crippen molar-refractivity contribution in [3.05, 3.63) is 35.6 Å². The van der Waals surface area contributed by atoms with Gasteiger partial charge in [0.25, 0.3) is 0 Å². The summed E-state index contributed by atoms with van der Waals surface area (Å²) in [5.41, 5.74) is -0.629. The van der Waals surface area contributed by atoms with E-state index in [9.17, 15) is 17.9 Å². The second kappa shape index (κ2) is 4.81. The van der Waals surface area contributed by atoms with E-state index in [4.69, 9.17) is 0 Å². The summed E-state index contributed by atoms with van der Waals surface area (Å²) < 4.78 is 38.2. The zero-order chi connectivity index (χ0) is 14.4. The van der Waals surface area contributed by atoms with Gasteiger partial charge in [-0.1, -0.05) is 24.6 Å². The highest BCUT2D eigenvalue weighted by Gasteiger charge is 2.50. The number of fused-ring (bicyclic) bond motifs is 2. The van der Waals surface area contributed by atoms with Crippen molar-refractivity contribution in [1.29, 1.82) is 0 Å². The Morgan fingerprint density at radius 1 is 1.20 bits per heavy atom. The van der Waals surface area contributed by atoms with Gasteiger partial charge in [0.15, 0.2) is 9.84 Å². The van der Waals surface area contributed by atoms with Gasteiger partial charge >= 0.3 is 0 Å². The van der Waals surface area contributed by atoms with Crippen molar-refractivity contribution >= 4 is 9.84 Å². The van der Waals surface area contributed by atoms with Gasteiger partial charge in [0, 0.05) is 6.42 Å². The molecule has 5 heteroatoms. The highest BCUT2D eigenvalue weighted by molar-refractivity contribution is 7.92. The van der Waals surface area contributed by atoms with Gasteiger partial charge in [-0.05, 0) is 37.3 Å². The Morgan fingerprint density at radius 2 is 1.80 bits per heavy atom. The summed E-state index contributed by atoms with van der Waals surface area (Å²) in [6.45, 7) is 0. The van der Waals surface area contributed by atoms with Crippen molar-refractivity contribution < 1.29 is 17.9 Å². The lowest BCUT2D eigenvalue weighted by atomic mass is 9.81. The predicted molar refractivity (Wildman–Crippen MR) is 74.6 cm³/mol. The Balaban J connectivity index is 1.86. The molecule has 2 fully saturated rings. The second-order valence-electron chi connectivity index (χ2n) is 6.16. The van der Waals surface area contributed by atoms with Crippen LogP contribution in [0.15, 0.2) is 24.3 Å². The fraction of sp³-hybridized carbons (Fsp3) is 0.600. The third kappa shape index (κ3) is 2.37. The van der Waals surface area contributed by atoms with Crippen LogP contribution >= 0.6 is 0 Å². The van der Waals surface area contributed by atoms with Gasteiger partial charge in [0.05, 0.1) is 16.1 Å². The zero-order valence-corrected chi connectivity index (χ0v) is 12.1. The lowest BCUT2D eigenvalue weighted by Crippen LogP contribution is -2.52. The van der Waals surface area contributed by atoms with E-state index in [1.54, 1.807) is 18.2 Å². The van der Waals surface area contributed by atoms with E-state index in [1.807, 2.05) is 0 Å². The molecular weight excluding hydrogens is 279 g/mol. The van der Waals surface area contributed by atoms with Crippen LogP contribution in [0.1, 0.15) is 37.7 Å². The van der Waals surface area contributed by atoms with Crippen LogP contribution in [0.5, 0.6) is 0 Å². The van der Waals surface area contributed by atoms with Crippen LogP contribution in [0.25, 0.3) is 0 Å². The van der Waals surface area contributed by atoms with E-state index in [0.717, 1.165) is 6.42 Å². The van der Waals surface area contributed by atoms with E-state index in [-0.39, 0.29) is 25.1 Å². The summed E-state index contributed by atoms with van der Waals surface area (Å²) in [6, 6.07) is 6.39. The molecule has 110 valence electrons. The number of rotatable bonds is 2. The summed E-state index contributed by atoms with van der Waals surface area (Å²) >= 11 is 0. The van der Waals surface area contributed by atoms with Gasteiger partial charge in [-0.2, -0.15) is 0 Å². The van der Waals surface area contributed by atoms with E-state index in [2.05, 4.69) is 0 Å². The molecule has 1 aromatic carbocycles. The molecule has 0 aliphatic carbocycles. The fourth-order valence-corrected chi connectivity index (χ4v) is 6.30. The average Bonchev–Trinajstić information content (AvgIpc) is 2.35. The molecule has 3 rings (SSSR count). The topological polar surface area (TPSA) is 54.4 Å². The van der Waals surface area contributed by atoms with Crippen molar-refractivity contribution in [3.63, 3.8) is 0 Å². The van der Waals surface area contributed by atoms with E-state index in [1.165, 1.54) is 6.07 Å². The third-order valence-corrected chi connectivity index (χ3v) is 7.34. The van der Waals surface area contributed by atoms with Crippen LogP contribution in [0.3, 0.4) is 0 Å².